The van der Waals surface area contributed by atoms with E-state index in [0.29, 0.717) is 13.2 Å². The molecule has 112 valence electrons. The van der Waals surface area contributed by atoms with Gasteiger partial charge in [0.2, 0.25) is 0 Å². The molecule has 21 heavy (non-hydrogen) atoms. The third-order valence-electron chi connectivity index (χ3n) is 2.94. The highest BCUT2D eigenvalue weighted by Gasteiger charge is 2.05. The first-order chi connectivity index (χ1) is 10.1. The van der Waals surface area contributed by atoms with Crippen LogP contribution in [-0.2, 0) is 6.54 Å². The number of halogens is 1. The predicted octanol–water partition coefficient (Wildman–Crippen LogP) is 3.40. The Morgan fingerprint density at radius 2 is 2.10 bits per heavy atom. The summed E-state index contributed by atoms with van der Waals surface area (Å²) in [4.78, 5) is 6.36. The number of rotatable bonds is 7. The molecule has 1 aromatic carbocycles. The van der Waals surface area contributed by atoms with Crippen LogP contribution in [0.3, 0.4) is 0 Å². The van der Waals surface area contributed by atoms with Gasteiger partial charge in [0.05, 0.1) is 0 Å². The van der Waals surface area contributed by atoms with Gasteiger partial charge < -0.3 is 15.0 Å². The van der Waals surface area contributed by atoms with Gasteiger partial charge in [-0.3, -0.25) is 0 Å². The second-order valence-electron chi connectivity index (χ2n) is 4.97. The van der Waals surface area contributed by atoms with Gasteiger partial charge in [0.15, 0.2) is 0 Å². The zero-order valence-corrected chi connectivity index (χ0v) is 13.9. The molecule has 0 radical (unpaired) electrons. The summed E-state index contributed by atoms with van der Waals surface area (Å²) in [5, 5.41) is 3.31. The van der Waals surface area contributed by atoms with E-state index in [1.54, 1.807) is 6.20 Å². The number of nitrogens with one attached hydrogen (secondary N) is 1. The molecule has 2 aromatic rings. The highest BCUT2D eigenvalue weighted by Crippen LogP contribution is 2.24. The van der Waals surface area contributed by atoms with Gasteiger partial charge in [-0.1, -0.05) is 22.0 Å². The van der Waals surface area contributed by atoms with Gasteiger partial charge in [0.25, 0.3) is 0 Å². The van der Waals surface area contributed by atoms with Crippen molar-refractivity contribution in [2.24, 2.45) is 0 Å². The van der Waals surface area contributed by atoms with Crippen molar-refractivity contribution in [1.29, 1.82) is 0 Å². The van der Waals surface area contributed by atoms with Crippen LogP contribution in [0.4, 0.5) is 5.82 Å². The Morgan fingerprint density at radius 1 is 1.24 bits per heavy atom. The monoisotopic (exact) mass is 349 g/mol. The van der Waals surface area contributed by atoms with E-state index in [9.17, 15) is 0 Å². The lowest BCUT2D eigenvalue weighted by Gasteiger charge is -2.15. The van der Waals surface area contributed by atoms with E-state index in [2.05, 4.69) is 37.2 Å². The quantitative estimate of drug-likeness (QED) is 0.831. The minimum absolute atomic E-state index is 0.672. The Labute approximate surface area is 134 Å². The average Bonchev–Trinajstić information content (AvgIpc) is 2.48. The summed E-state index contributed by atoms with van der Waals surface area (Å²) >= 11 is 3.51. The Balaban J connectivity index is 2.01. The minimum atomic E-state index is 0.672. The molecule has 0 fully saturated rings. The van der Waals surface area contributed by atoms with Crippen LogP contribution in [0.25, 0.3) is 0 Å². The fourth-order valence-electron chi connectivity index (χ4n) is 1.82. The van der Waals surface area contributed by atoms with E-state index in [-0.39, 0.29) is 0 Å². The number of benzene rings is 1. The molecule has 0 saturated heterocycles. The van der Waals surface area contributed by atoms with E-state index < -0.39 is 0 Å². The summed E-state index contributed by atoms with van der Waals surface area (Å²) in [5.74, 6) is 1.76. The van der Waals surface area contributed by atoms with Crippen molar-refractivity contribution in [3.63, 3.8) is 0 Å². The molecule has 1 aromatic heterocycles. The first-order valence-corrected chi connectivity index (χ1v) is 7.65. The Hall–Kier alpha value is -1.59. The number of hydrogen-bond donors (Lipinski definition) is 1. The minimum Gasteiger partial charge on any atom is -0.492 e. The Kier molecular flexibility index (Phi) is 6.02. The third-order valence-corrected chi connectivity index (χ3v) is 3.44. The highest BCUT2D eigenvalue weighted by molar-refractivity contribution is 9.10. The number of likely N-dealkylation sites (N-methyl/N-ethyl adjacent to an activating group) is 1. The number of nitrogens with zero attached hydrogens (tertiary/aromatic N) is 2. The van der Waals surface area contributed by atoms with Crippen LogP contribution in [0.2, 0.25) is 0 Å². The number of hydrogen-bond acceptors (Lipinski definition) is 4. The molecule has 0 aliphatic carbocycles. The summed E-state index contributed by atoms with van der Waals surface area (Å²) in [6.45, 7) is 2.24. The van der Waals surface area contributed by atoms with Crippen LogP contribution in [0.5, 0.6) is 5.75 Å². The summed E-state index contributed by atoms with van der Waals surface area (Å²) < 4.78 is 6.91. The molecule has 1 heterocycles. The molecule has 0 bridgehead atoms. The van der Waals surface area contributed by atoms with Crippen molar-refractivity contribution >= 4 is 21.7 Å². The van der Waals surface area contributed by atoms with Crippen molar-refractivity contribution in [1.82, 2.24) is 9.88 Å². The first kappa shape index (κ1) is 15.8. The molecular weight excluding hydrogens is 330 g/mol. The third kappa shape index (κ3) is 5.36. The normalized spacial score (nSPS) is 10.7. The van der Waals surface area contributed by atoms with E-state index in [0.717, 1.165) is 28.1 Å². The lowest BCUT2D eigenvalue weighted by molar-refractivity contribution is 0.259. The lowest BCUT2D eigenvalue weighted by Crippen LogP contribution is -2.20. The standard InChI is InChI=1S/C16H20BrN3O/c1-20(2)9-10-21-15-7-6-14(17)11-13(15)12-19-16-5-3-4-8-18-16/h3-8,11H,9-10,12H2,1-2H3,(H,18,19). The zero-order valence-electron chi connectivity index (χ0n) is 12.3. The summed E-state index contributed by atoms with van der Waals surface area (Å²) in [5.41, 5.74) is 1.11. The van der Waals surface area contributed by atoms with Crippen molar-refractivity contribution < 1.29 is 4.74 Å². The molecule has 0 spiro atoms. The fourth-order valence-corrected chi connectivity index (χ4v) is 2.23. The van der Waals surface area contributed by atoms with E-state index in [1.165, 1.54) is 0 Å². The smallest absolute Gasteiger partial charge is 0.126 e. The maximum absolute atomic E-state index is 5.87. The van der Waals surface area contributed by atoms with Gasteiger partial charge >= 0.3 is 0 Å². The van der Waals surface area contributed by atoms with Crippen LogP contribution in [0, 0.1) is 0 Å². The largest absolute Gasteiger partial charge is 0.492 e. The molecule has 0 unspecified atom stereocenters. The van der Waals surface area contributed by atoms with Crippen molar-refractivity contribution in [3.8, 4) is 5.75 Å². The second-order valence-corrected chi connectivity index (χ2v) is 5.89. The van der Waals surface area contributed by atoms with Crippen molar-refractivity contribution in [2.45, 2.75) is 6.54 Å². The maximum Gasteiger partial charge on any atom is 0.126 e. The Morgan fingerprint density at radius 3 is 2.81 bits per heavy atom. The summed E-state index contributed by atoms with van der Waals surface area (Å²) in [7, 11) is 4.07. The zero-order chi connectivity index (χ0) is 15.1. The van der Waals surface area contributed by atoms with Crippen LogP contribution < -0.4 is 10.1 Å². The van der Waals surface area contributed by atoms with E-state index >= 15 is 0 Å². The second kappa shape index (κ2) is 8.00. The Bertz CT molecular complexity index is 561. The molecule has 0 amide bonds. The predicted molar refractivity (Wildman–Crippen MR) is 89.8 cm³/mol. The van der Waals surface area contributed by atoms with Gasteiger partial charge in [0.1, 0.15) is 18.2 Å². The molecule has 1 N–H and O–H groups in total. The highest BCUT2D eigenvalue weighted by atomic mass is 79.9. The maximum atomic E-state index is 5.87. The number of ether oxygens (including phenoxy) is 1. The van der Waals surface area contributed by atoms with Crippen LogP contribution in [0.15, 0.2) is 47.1 Å². The fraction of sp³-hybridized carbons (Fsp3) is 0.312. The van der Waals surface area contributed by atoms with Gasteiger partial charge in [-0.05, 0) is 44.4 Å². The molecule has 0 aliphatic heterocycles. The van der Waals surface area contributed by atoms with Crippen molar-refractivity contribution in [2.75, 3.05) is 32.6 Å². The van der Waals surface area contributed by atoms with Gasteiger partial charge in [-0.2, -0.15) is 0 Å². The van der Waals surface area contributed by atoms with Crippen molar-refractivity contribution in [3.05, 3.63) is 52.6 Å². The summed E-state index contributed by atoms with van der Waals surface area (Å²) in [6.07, 6.45) is 1.78. The summed E-state index contributed by atoms with van der Waals surface area (Å²) in [6, 6.07) is 11.9. The van der Waals surface area contributed by atoms with Gasteiger partial charge in [0, 0.05) is 29.3 Å². The molecule has 4 nitrogen and oxygen atoms in total. The molecule has 0 aliphatic rings. The number of aromatic nitrogens is 1. The average molecular weight is 350 g/mol. The van der Waals surface area contributed by atoms with Crippen LogP contribution in [0.1, 0.15) is 5.56 Å². The molecular formula is C16H20BrN3O. The van der Waals surface area contributed by atoms with E-state index in [1.807, 2.05) is 44.4 Å². The van der Waals surface area contributed by atoms with Crippen LogP contribution >= 0.6 is 15.9 Å². The molecule has 5 heteroatoms. The van der Waals surface area contributed by atoms with Gasteiger partial charge in [-0.25, -0.2) is 4.98 Å². The molecule has 0 saturated carbocycles. The lowest BCUT2D eigenvalue weighted by atomic mass is 10.2. The number of anilines is 1. The van der Waals surface area contributed by atoms with Gasteiger partial charge in [-0.15, -0.1) is 0 Å². The van der Waals surface area contributed by atoms with Crippen LogP contribution in [-0.4, -0.2) is 37.1 Å². The molecule has 0 atom stereocenters. The first-order valence-electron chi connectivity index (χ1n) is 6.86. The topological polar surface area (TPSA) is 37.4 Å². The number of pyridine rings is 1. The SMILES string of the molecule is CN(C)CCOc1ccc(Br)cc1CNc1ccccn1. The van der Waals surface area contributed by atoms with E-state index in [4.69, 9.17) is 4.74 Å². The molecule has 2 rings (SSSR count).